The van der Waals surface area contributed by atoms with Gasteiger partial charge in [0.1, 0.15) is 12.4 Å². The maximum atomic E-state index is 11.2. The summed E-state index contributed by atoms with van der Waals surface area (Å²) in [5.74, 6) is -0.0203. The Morgan fingerprint density at radius 2 is 2.28 bits per heavy atom. The van der Waals surface area contributed by atoms with Gasteiger partial charge in [-0.2, -0.15) is 4.52 Å². The first kappa shape index (κ1) is 14.5. The van der Waals surface area contributed by atoms with Crippen molar-refractivity contribution >= 4 is 25.8 Å². The summed E-state index contributed by atoms with van der Waals surface area (Å²) >= 11 is 5.91. The molecule has 0 amide bonds. The van der Waals surface area contributed by atoms with Crippen LogP contribution in [0.15, 0.2) is 30.9 Å². The number of benzene rings is 1. The van der Waals surface area contributed by atoms with Crippen LogP contribution >= 0.6 is 19.9 Å². The number of hydrogen-bond donors (Lipinski definition) is 0. The first-order valence-electron chi connectivity index (χ1n) is 4.90. The normalized spacial score (nSPS) is 10.4. The SMILES string of the molecule is C=CCOc1ccc(O[P+](=O)OC(C)=O)cc1Cl. The van der Waals surface area contributed by atoms with Crippen LogP contribution < -0.4 is 9.26 Å². The fourth-order valence-corrected chi connectivity index (χ4v) is 1.77. The van der Waals surface area contributed by atoms with Gasteiger partial charge in [0.2, 0.25) is 0 Å². The molecule has 1 unspecified atom stereocenters. The van der Waals surface area contributed by atoms with E-state index in [1.54, 1.807) is 12.1 Å². The van der Waals surface area contributed by atoms with Gasteiger partial charge in [0.25, 0.3) is 0 Å². The van der Waals surface area contributed by atoms with E-state index in [-0.39, 0.29) is 5.75 Å². The lowest BCUT2D eigenvalue weighted by Gasteiger charge is -2.05. The zero-order valence-corrected chi connectivity index (χ0v) is 11.2. The number of ether oxygens (including phenoxy) is 1. The van der Waals surface area contributed by atoms with E-state index in [0.29, 0.717) is 17.4 Å². The van der Waals surface area contributed by atoms with Crippen LogP contribution in [0.3, 0.4) is 0 Å². The lowest BCUT2D eigenvalue weighted by molar-refractivity contribution is -0.131. The van der Waals surface area contributed by atoms with Crippen LogP contribution in [0.2, 0.25) is 5.02 Å². The third kappa shape index (κ3) is 4.73. The Bertz CT molecular complexity index is 475. The van der Waals surface area contributed by atoms with Crippen LogP contribution in [0, 0.1) is 0 Å². The van der Waals surface area contributed by atoms with E-state index in [4.69, 9.17) is 20.9 Å². The summed E-state index contributed by atoms with van der Waals surface area (Å²) < 4.78 is 25.7. The molecule has 0 aliphatic rings. The molecule has 1 aromatic rings. The van der Waals surface area contributed by atoms with E-state index < -0.39 is 14.2 Å². The fraction of sp³-hybridized carbons (Fsp3) is 0.182. The van der Waals surface area contributed by atoms with Crippen molar-refractivity contribution in [2.24, 2.45) is 0 Å². The fourth-order valence-electron chi connectivity index (χ4n) is 1.01. The van der Waals surface area contributed by atoms with Crippen LogP contribution in [0.1, 0.15) is 6.92 Å². The molecule has 7 heteroatoms. The summed E-state index contributed by atoms with van der Waals surface area (Å²) in [5.41, 5.74) is 0. The van der Waals surface area contributed by atoms with Gasteiger partial charge in [0, 0.05) is 17.6 Å². The standard InChI is InChI=1S/C11H11ClO5P/c1-3-6-15-11-5-4-9(7-10(11)12)17-18(14)16-8(2)13/h3-5,7H,1,6H2,2H3/q+1. The van der Waals surface area contributed by atoms with Crippen molar-refractivity contribution in [3.8, 4) is 11.5 Å². The molecular formula is C11H11ClO5P+. The van der Waals surface area contributed by atoms with Gasteiger partial charge in [-0.1, -0.05) is 24.3 Å². The molecule has 0 heterocycles. The van der Waals surface area contributed by atoms with Crippen molar-refractivity contribution in [1.29, 1.82) is 0 Å². The molecule has 0 N–H and O–H groups in total. The lowest BCUT2D eigenvalue weighted by atomic mass is 10.3. The van der Waals surface area contributed by atoms with Crippen LogP contribution in [-0.4, -0.2) is 12.6 Å². The summed E-state index contributed by atoms with van der Waals surface area (Å²) in [6, 6.07) is 4.47. The molecule has 0 aromatic heterocycles. The molecule has 96 valence electrons. The first-order valence-corrected chi connectivity index (χ1v) is 6.37. The minimum absolute atomic E-state index is 0.216. The van der Waals surface area contributed by atoms with Crippen LogP contribution in [0.4, 0.5) is 0 Å². The Hall–Kier alpha value is -1.58. The highest BCUT2D eigenvalue weighted by Gasteiger charge is 2.26. The monoisotopic (exact) mass is 289 g/mol. The summed E-state index contributed by atoms with van der Waals surface area (Å²) in [4.78, 5) is 10.5. The Balaban J connectivity index is 2.69. The third-order valence-corrected chi connectivity index (χ3v) is 2.70. The van der Waals surface area contributed by atoms with Gasteiger partial charge in [-0.25, -0.2) is 9.32 Å². The van der Waals surface area contributed by atoms with Crippen molar-refractivity contribution in [1.82, 2.24) is 0 Å². The average Bonchev–Trinajstić information content (AvgIpc) is 2.26. The highest BCUT2D eigenvalue weighted by Crippen LogP contribution is 2.34. The Labute approximate surface area is 110 Å². The second-order valence-electron chi connectivity index (χ2n) is 3.09. The van der Waals surface area contributed by atoms with Crippen LogP contribution in [0.25, 0.3) is 0 Å². The van der Waals surface area contributed by atoms with Crippen LogP contribution in [0.5, 0.6) is 11.5 Å². The second kappa shape index (κ2) is 6.99. The van der Waals surface area contributed by atoms with Crippen molar-refractivity contribution < 1.29 is 23.1 Å². The minimum atomic E-state index is -2.54. The number of hydrogen-bond acceptors (Lipinski definition) is 5. The second-order valence-corrected chi connectivity index (χ2v) is 4.31. The van der Waals surface area contributed by atoms with Crippen molar-refractivity contribution in [3.63, 3.8) is 0 Å². The van der Waals surface area contributed by atoms with Gasteiger partial charge in [-0.05, 0) is 12.1 Å². The number of rotatable bonds is 6. The largest absolute Gasteiger partial charge is 0.808 e. The van der Waals surface area contributed by atoms with Gasteiger partial charge in [-0.15, -0.1) is 0 Å². The van der Waals surface area contributed by atoms with Gasteiger partial charge >= 0.3 is 14.2 Å². The molecule has 18 heavy (non-hydrogen) atoms. The number of carbonyl (C=O) groups excluding carboxylic acids is 1. The van der Waals surface area contributed by atoms with E-state index in [1.165, 1.54) is 12.1 Å². The molecule has 0 aliphatic carbocycles. The Morgan fingerprint density at radius 3 is 2.83 bits per heavy atom. The lowest BCUT2D eigenvalue weighted by Crippen LogP contribution is -1.95. The van der Waals surface area contributed by atoms with Gasteiger partial charge in [-0.3, -0.25) is 0 Å². The molecule has 1 rings (SSSR count). The van der Waals surface area contributed by atoms with Crippen molar-refractivity contribution in [3.05, 3.63) is 35.9 Å². The maximum absolute atomic E-state index is 11.2. The molecule has 0 bridgehead atoms. The minimum Gasteiger partial charge on any atom is -0.488 e. The van der Waals surface area contributed by atoms with E-state index >= 15 is 0 Å². The number of halogens is 1. The van der Waals surface area contributed by atoms with Gasteiger partial charge in [0.05, 0.1) is 5.02 Å². The quantitative estimate of drug-likeness (QED) is 0.592. The smallest absolute Gasteiger partial charge is 0.488 e. The molecule has 5 nitrogen and oxygen atoms in total. The van der Waals surface area contributed by atoms with E-state index in [0.717, 1.165) is 6.92 Å². The molecule has 0 aliphatic heterocycles. The number of carbonyl (C=O) groups is 1. The highest BCUT2D eigenvalue weighted by molar-refractivity contribution is 7.34. The summed E-state index contributed by atoms with van der Waals surface area (Å²) in [7, 11) is -2.54. The van der Waals surface area contributed by atoms with Crippen LogP contribution in [-0.2, 0) is 13.9 Å². The van der Waals surface area contributed by atoms with Gasteiger partial charge < -0.3 is 4.74 Å². The highest BCUT2D eigenvalue weighted by atomic mass is 35.5. The third-order valence-electron chi connectivity index (χ3n) is 1.64. The van der Waals surface area contributed by atoms with E-state index in [1.807, 2.05) is 0 Å². The molecular weight excluding hydrogens is 279 g/mol. The maximum Gasteiger partial charge on any atom is 0.808 e. The zero-order chi connectivity index (χ0) is 13.5. The molecule has 0 spiro atoms. The predicted octanol–water partition coefficient (Wildman–Crippen LogP) is 3.50. The topological polar surface area (TPSA) is 61.8 Å². The molecule has 0 saturated heterocycles. The zero-order valence-electron chi connectivity index (χ0n) is 9.59. The van der Waals surface area contributed by atoms with Crippen molar-refractivity contribution in [2.75, 3.05) is 6.61 Å². The average molecular weight is 290 g/mol. The van der Waals surface area contributed by atoms with E-state index in [2.05, 4.69) is 11.1 Å². The predicted molar refractivity (Wildman–Crippen MR) is 67.1 cm³/mol. The Kier molecular flexibility index (Phi) is 5.62. The summed E-state index contributed by atoms with van der Waals surface area (Å²) in [5, 5.41) is 0.292. The molecule has 1 aromatic carbocycles. The first-order chi connectivity index (χ1) is 8.52. The Morgan fingerprint density at radius 1 is 1.56 bits per heavy atom. The molecule has 1 atom stereocenters. The summed E-state index contributed by atoms with van der Waals surface area (Å²) in [6.45, 7) is 4.97. The molecule has 0 radical (unpaired) electrons. The van der Waals surface area contributed by atoms with Crippen molar-refractivity contribution in [2.45, 2.75) is 6.92 Å². The van der Waals surface area contributed by atoms with Gasteiger partial charge in [0.15, 0.2) is 5.75 Å². The summed E-state index contributed by atoms with van der Waals surface area (Å²) in [6.07, 6.45) is 1.58. The van der Waals surface area contributed by atoms with E-state index in [9.17, 15) is 9.36 Å². The molecule has 0 fully saturated rings. The molecule has 0 saturated carbocycles.